The van der Waals surface area contributed by atoms with E-state index in [0.29, 0.717) is 96.9 Å². The van der Waals surface area contributed by atoms with Crippen LogP contribution < -0.4 is 38.2 Å². The Kier molecular flexibility index (Phi) is 15.7. The zero-order valence-electron chi connectivity index (χ0n) is 36.9. The van der Waals surface area contributed by atoms with E-state index in [9.17, 15) is 16.8 Å². The molecule has 0 amide bonds. The SMILES string of the molecule is COc1cc(OC)cc(-c2csc(N3CCN(S(=O)(=O)c4cc(OC)ccc4OC)CC3)n2)c1.COc1ccc(OC)c(S(=O)(=O)N2CCN(c3nc(-c4ccc(Cl)c(Cl)c4)cs3)CC2)c1. The number of anilines is 2. The summed E-state index contributed by atoms with van der Waals surface area (Å²) in [5, 5.41) is 6.59. The Hall–Kier alpha value is -5.06. The molecule has 0 radical (unpaired) electrons. The molecule has 352 valence electrons. The molecule has 2 aliphatic heterocycles. The lowest BCUT2D eigenvalue weighted by atomic mass is 10.1. The summed E-state index contributed by atoms with van der Waals surface area (Å²) in [6.45, 7) is 3.46. The largest absolute Gasteiger partial charge is 0.497 e. The van der Waals surface area contributed by atoms with Gasteiger partial charge in [0.15, 0.2) is 10.3 Å². The van der Waals surface area contributed by atoms with E-state index in [2.05, 4.69) is 9.80 Å². The fourth-order valence-electron chi connectivity index (χ4n) is 7.18. The van der Waals surface area contributed by atoms with Crippen molar-refractivity contribution in [2.75, 3.05) is 105 Å². The van der Waals surface area contributed by atoms with Crippen LogP contribution in [0.5, 0.6) is 34.5 Å². The number of thiazole rings is 2. The molecule has 4 aromatic carbocycles. The van der Waals surface area contributed by atoms with Crippen molar-refractivity contribution < 1.29 is 45.3 Å². The summed E-state index contributed by atoms with van der Waals surface area (Å²) in [4.78, 5) is 13.9. The number of methoxy groups -OCH3 is 6. The van der Waals surface area contributed by atoms with Crippen LogP contribution in [0.25, 0.3) is 22.5 Å². The molecule has 0 aliphatic carbocycles. The molecule has 4 heterocycles. The molecule has 0 spiro atoms. The summed E-state index contributed by atoms with van der Waals surface area (Å²) in [6, 6.07) is 20.6. The summed E-state index contributed by atoms with van der Waals surface area (Å²) < 4.78 is 87.8. The number of benzene rings is 4. The zero-order chi connectivity index (χ0) is 47.2. The van der Waals surface area contributed by atoms with E-state index in [1.807, 2.05) is 35.0 Å². The molecule has 0 atom stereocenters. The molecule has 66 heavy (non-hydrogen) atoms. The number of hydrogen-bond donors (Lipinski definition) is 0. The maximum atomic E-state index is 13.3. The first-order valence-electron chi connectivity index (χ1n) is 20.3. The molecule has 2 aliphatic rings. The number of rotatable bonds is 14. The van der Waals surface area contributed by atoms with Crippen molar-refractivity contribution in [3.05, 3.63) is 93.6 Å². The van der Waals surface area contributed by atoms with Gasteiger partial charge in [0.2, 0.25) is 20.0 Å². The molecule has 8 rings (SSSR count). The van der Waals surface area contributed by atoms with Crippen LogP contribution in [0.4, 0.5) is 10.3 Å². The highest BCUT2D eigenvalue weighted by Gasteiger charge is 2.34. The first-order valence-corrected chi connectivity index (χ1v) is 25.7. The van der Waals surface area contributed by atoms with Crippen LogP contribution in [0.3, 0.4) is 0 Å². The molecule has 0 unspecified atom stereocenters. The molecule has 2 aromatic heterocycles. The summed E-state index contributed by atoms with van der Waals surface area (Å²) in [5.74, 6) is 2.88. The van der Waals surface area contributed by atoms with Gasteiger partial charge < -0.3 is 38.2 Å². The number of halogens is 2. The third-order valence-corrected chi connectivity index (χ3v) is 17.2. The Morgan fingerprint density at radius 1 is 0.470 bits per heavy atom. The summed E-state index contributed by atoms with van der Waals surface area (Å²) in [5.41, 5.74) is 3.39. The van der Waals surface area contributed by atoms with Gasteiger partial charge in [0.25, 0.3) is 0 Å². The average molecular weight is 1020 g/mol. The van der Waals surface area contributed by atoms with Crippen LogP contribution in [0.1, 0.15) is 0 Å². The van der Waals surface area contributed by atoms with E-state index in [0.717, 1.165) is 32.8 Å². The van der Waals surface area contributed by atoms with Crippen molar-refractivity contribution >= 4 is 76.2 Å². The topological polar surface area (TPSA) is 162 Å². The van der Waals surface area contributed by atoms with Crippen molar-refractivity contribution in [1.29, 1.82) is 0 Å². The molecule has 0 N–H and O–H groups in total. The zero-order valence-corrected chi connectivity index (χ0v) is 41.7. The second-order valence-corrected chi connectivity index (χ2v) is 20.9. The Balaban J connectivity index is 0.000000197. The minimum Gasteiger partial charge on any atom is -0.497 e. The van der Waals surface area contributed by atoms with Gasteiger partial charge in [-0.3, -0.25) is 0 Å². The van der Waals surface area contributed by atoms with E-state index in [1.54, 1.807) is 50.6 Å². The molecule has 0 saturated carbocycles. The summed E-state index contributed by atoms with van der Waals surface area (Å²) in [7, 11) is 1.65. The standard InChI is InChI=1S/C23H27N3O6S2.C21H21Cl2N3O4S2/c1-29-17-5-6-21(32-4)22(14-17)34(27,28)26-9-7-25(8-10-26)23-24-20(15-33-23)16-11-18(30-2)13-19(12-16)31-3;1-29-15-4-6-19(30-2)20(12-15)32(27,28)26-9-7-25(8-10-26)21-24-18(13-31-21)14-3-5-16(22)17(23)11-14/h5-6,11-15H,7-10H2,1-4H3;3-6,11-13H,7-10H2,1-2H3. The number of nitrogens with zero attached hydrogens (tertiary/aromatic N) is 6. The van der Waals surface area contributed by atoms with Crippen LogP contribution in [0, 0.1) is 0 Å². The van der Waals surface area contributed by atoms with Crippen molar-refractivity contribution in [3.8, 4) is 57.0 Å². The van der Waals surface area contributed by atoms with Crippen molar-refractivity contribution in [2.24, 2.45) is 0 Å². The van der Waals surface area contributed by atoms with E-state index in [1.165, 1.54) is 71.9 Å². The molecule has 2 fully saturated rings. The Morgan fingerprint density at radius 2 is 0.894 bits per heavy atom. The third-order valence-electron chi connectivity index (χ3n) is 10.8. The molecule has 16 nitrogen and oxygen atoms in total. The van der Waals surface area contributed by atoms with Gasteiger partial charge in [-0.05, 0) is 48.5 Å². The van der Waals surface area contributed by atoms with Gasteiger partial charge in [0, 0.05) is 92.4 Å². The number of aromatic nitrogens is 2. The monoisotopic (exact) mass is 1020 g/mol. The van der Waals surface area contributed by atoms with E-state index < -0.39 is 20.0 Å². The van der Waals surface area contributed by atoms with E-state index in [4.69, 9.17) is 61.6 Å². The normalized spacial score (nSPS) is 14.8. The smallest absolute Gasteiger partial charge is 0.247 e. The van der Waals surface area contributed by atoms with Crippen LogP contribution in [-0.2, 0) is 20.0 Å². The number of hydrogen-bond acceptors (Lipinski definition) is 16. The lowest BCUT2D eigenvalue weighted by Crippen LogP contribution is -2.48. The lowest BCUT2D eigenvalue weighted by molar-refractivity contribution is 0.370. The Morgan fingerprint density at radius 3 is 1.29 bits per heavy atom. The first-order chi connectivity index (χ1) is 31.7. The predicted molar refractivity (Wildman–Crippen MR) is 259 cm³/mol. The minimum atomic E-state index is -3.74. The van der Waals surface area contributed by atoms with E-state index >= 15 is 0 Å². The van der Waals surface area contributed by atoms with Crippen LogP contribution >= 0.6 is 45.9 Å². The van der Waals surface area contributed by atoms with Crippen LogP contribution in [-0.4, -0.2) is 130 Å². The van der Waals surface area contributed by atoms with Gasteiger partial charge in [0.1, 0.15) is 44.3 Å². The highest BCUT2D eigenvalue weighted by atomic mass is 35.5. The lowest BCUT2D eigenvalue weighted by Gasteiger charge is -2.34. The summed E-state index contributed by atoms with van der Waals surface area (Å²) in [6.07, 6.45) is 0. The quantitative estimate of drug-likeness (QED) is 0.103. The van der Waals surface area contributed by atoms with Gasteiger partial charge in [-0.25, -0.2) is 26.8 Å². The first kappa shape index (κ1) is 48.9. The van der Waals surface area contributed by atoms with Gasteiger partial charge in [-0.15, -0.1) is 22.7 Å². The average Bonchev–Trinajstić information content (AvgIpc) is 4.06. The number of piperazine rings is 2. The summed E-state index contributed by atoms with van der Waals surface area (Å²) >= 11 is 15.2. The Labute approximate surface area is 402 Å². The number of ether oxygens (including phenoxy) is 6. The molecular weight excluding hydrogens is 972 g/mol. The van der Waals surface area contributed by atoms with Crippen LogP contribution in [0.15, 0.2) is 93.3 Å². The Bertz CT molecular complexity index is 2850. The molecular formula is C44H48Cl2N6O10S4. The second-order valence-electron chi connectivity index (χ2n) is 14.6. The highest BCUT2D eigenvalue weighted by molar-refractivity contribution is 7.89. The van der Waals surface area contributed by atoms with Crippen LogP contribution in [0.2, 0.25) is 10.0 Å². The van der Waals surface area contributed by atoms with Crippen molar-refractivity contribution in [2.45, 2.75) is 9.79 Å². The number of sulfonamides is 2. The minimum absolute atomic E-state index is 0.101. The maximum absolute atomic E-state index is 13.3. The van der Waals surface area contributed by atoms with Crippen molar-refractivity contribution in [1.82, 2.24) is 18.6 Å². The van der Waals surface area contributed by atoms with Crippen molar-refractivity contribution in [3.63, 3.8) is 0 Å². The molecule has 22 heteroatoms. The molecule has 0 bridgehead atoms. The van der Waals surface area contributed by atoms with Gasteiger partial charge in [0.05, 0.1) is 64.1 Å². The van der Waals surface area contributed by atoms with E-state index in [-0.39, 0.29) is 9.79 Å². The fraction of sp³-hybridized carbons (Fsp3) is 0.318. The van der Waals surface area contributed by atoms with Gasteiger partial charge >= 0.3 is 0 Å². The predicted octanol–water partition coefficient (Wildman–Crippen LogP) is 8.00. The fourth-order valence-corrected chi connectivity index (χ4v) is 12.4. The highest BCUT2D eigenvalue weighted by Crippen LogP contribution is 2.37. The van der Waals surface area contributed by atoms with Gasteiger partial charge in [-0.1, -0.05) is 29.3 Å². The third kappa shape index (κ3) is 10.7. The maximum Gasteiger partial charge on any atom is 0.247 e. The molecule has 6 aromatic rings. The van der Waals surface area contributed by atoms with Gasteiger partial charge in [-0.2, -0.15) is 8.61 Å². The second kappa shape index (κ2) is 21.3. The molecule has 2 saturated heterocycles.